The van der Waals surface area contributed by atoms with Gasteiger partial charge in [-0.25, -0.2) is 13.8 Å². The van der Waals surface area contributed by atoms with E-state index < -0.39 is 5.92 Å². The van der Waals surface area contributed by atoms with Crippen molar-refractivity contribution >= 4 is 5.91 Å². The van der Waals surface area contributed by atoms with Crippen LogP contribution in [0, 0.1) is 12.8 Å². The number of aromatic nitrogens is 2. The summed E-state index contributed by atoms with van der Waals surface area (Å²) in [5.74, 6) is -1.92. The van der Waals surface area contributed by atoms with Gasteiger partial charge in [-0.05, 0) is 32.6 Å². The minimum atomic E-state index is -2.60. The van der Waals surface area contributed by atoms with Crippen LogP contribution in [0.5, 0.6) is 0 Å². The van der Waals surface area contributed by atoms with E-state index in [1.807, 2.05) is 6.20 Å². The highest BCUT2D eigenvalue weighted by atomic mass is 19.3. The maximum absolute atomic E-state index is 13.3. The van der Waals surface area contributed by atoms with Gasteiger partial charge in [0.05, 0.1) is 5.69 Å². The lowest BCUT2D eigenvalue weighted by atomic mass is 9.86. The van der Waals surface area contributed by atoms with E-state index >= 15 is 0 Å². The number of rotatable bonds is 4. The minimum Gasteiger partial charge on any atom is -0.352 e. The Kier molecular flexibility index (Phi) is 5.21. The Morgan fingerprint density at radius 1 is 1.14 bits per heavy atom. The summed E-state index contributed by atoms with van der Waals surface area (Å²) < 4.78 is 26.7. The standard InChI is InChI=1S/C22H27F2N3O/c1-14-5-7-15(8-6-14)19-13-25-20(26-19)17-3-2-4-18(17)27-21(28)16-9-11-22(23,24)12-10-16/h5-8,13,16-18H,2-4,9-12H2,1H3,(H,25,26)(H,27,28)/t17-,18+/m1/s1. The van der Waals surface area contributed by atoms with Gasteiger partial charge in [-0.2, -0.15) is 0 Å². The first kappa shape index (κ1) is 19.1. The molecule has 0 saturated heterocycles. The van der Waals surface area contributed by atoms with Gasteiger partial charge in [0.2, 0.25) is 11.8 Å². The van der Waals surface area contributed by atoms with Crippen LogP contribution < -0.4 is 5.32 Å². The molecule has 1 aromatic carbocycles. The molecule has 0 unspecified atom stereocenters. The van der Waals surface area contributed by atoms with E-state index in [9.17, 15) is 13.6 Å². The average Bonchev–Trinajstić information content (AvgIpc) is 3.31. The van der Waals surface area contributed by atoms with E-state index in [1.165, 1.54) is 5.56 Å². The summed E-state index contributed by atoms with van der Waals surface area (Å²) in [6, 6.07) is 8.27. The van der Waals surface area contributed by atoms with E-state index in [4.69, 9.17) is 4.98 Å². The molecule has 0 spiro atoms. The number of hydrogen-bond acceptors (Lipinski definition) is 2. The van der Waals surface area contributed by atoms with Crippen LogP contribution in [0.15, 0.2) is 30.5 Å². The molecule has 4 nitrogen and oxygen atoms in total. The van der Waals surface area contributed by atoms with Crippen molar-refractivity contribution in [3.8, 4) is 11.3 Å². The molecule has 2 aromatic rings. The van der Waals surface area contributed by atoms with Gasteiger partial charge in [-0.15, -0.1) is 0 Å². The highest BCUT2D eigenvalue weighted by molar-refractivity contribution is 5.79. The molecule has 6 heteroatoms. The van der Waals surface area contributed by atoms with Gasteiger partial charge in [0.15, 0.2) is 0 Å². The van der Waals surface area contributed by atoms with Crippen LogP contribution in [0.1, 0.15) is 62.3 Å². The molecule has 4 rings (SSSR count). The fraction of sp³-hybridized carbons (Fsp3) is 0.545. The van der Waals surface area contributed by atoms with Gasteiger partial charge in [0, 0.05) is 42.5 Å². The normalized spacial score (nSPS) is 25.0. The zero-order valence-corrected chi connectivity index (χ0v) is 16.2. The maximum Gasteiger partial charge on any atom is 0.248 e. The van der Waals surface area contributed by atoms with Crippen molar-refractivity contribution in [3.63, 3.8) is 0 Å². The Hall–Kier alpha value is -2.24. The molecule has 2 atom stereocenters. The van der Waals surface area contributed by atoms with Crippen molar-refractivity contribution in [2.45, 2.75) is 69.8 Å². The van der Waals surface area contributed by atoms with Crippen molar-refractivity contribution in [1.82, 2.24) is 15.3 Å². The molecule has 0 aliphatic heterocycles. The number of nitrogens with zero attached hydrogens (tertiary/aromatic N) is 1. The molecular weight excluding hydrogens is 360 g/mol. The zero-order valence-electron chi connectivity index (χ0n) is 16.2. The van der Waals surface area contributed by atoms with Gasteiger partial charge in [0.1, 0.15) is 5.82 Å². The number of carbonyl (C=O) groups excluding carboxylic acids is 1. The summed E-state index contributed by atoms with van der Waals surface area (Å²) in [4.78, 5) is 20.7. The number of carbonyl (C=O) groups is 1. The minimum absolute atomic E-state index is 0.0203. The number of halogens is 2. The Balaban J connectivity index is 1.41. The second-order valence-corrected chi connectivity index (χ2v) is 8.32. The fourth-order valence-corrected chi connectivity index (χ4v) is 4.46. The van der Waals surface area contributed by atoms with Crippen LogP contribution in [0.4, 0.5) is 8.78 Å². The number of benzene rings is 1. The third-order valence-electron chi connectivity index (χ3n) is 6.23. The van der Waals surface area contributed by atoms with Crippen molar-refractivity contribution in [2.24, 2.45) is 5.92 Å². The van der Waals surface area contributed by atoms with E-state index in [-0.39, 0.29) is 49.5 Å². The molecule has 0 radical (unpaired) electrons. The lowest BCUT2D eigenvalue weighted by Crippen LogP contribution is -2.42. The molecule has 2 N–H and O–H groups in total. The van der Waals surface area contributed by atoms with Crippen LogP contribution in [0.2, 0.25) is 0 Å². The summed E-state index contributed by atoms with van der Waals surface area (Å²) >= 11 is 0. The summed E-state index contributed by atoms with van der Waals surface area (Å²) in [6.07, 6.45) is 4.99. The smallest absolute Gasteiger partial charge is 0.248 e. The van der Waals surface area contributed by atoms with Crippen molar-refractivity contribution in [2.75, 3.05) is 0 Å². The summed E-state index contributed by atoms with van der Waals surface area (Å²) in [7, 11) is 0. The third-order valence-corrected chi connectivity index (χ3v) is 6.23. The highest BCUT2D eigenvalue weighted by Crippen LogP contribution is 2.38. The van der Waals surface area contributed by atoms with E-state index in [1.54, 1.807) is 0 Å². The maximum atomic E-state index is 13.3. The van der Waals surface area contributed by atoms with Crippen LogP contribution in [-0.2, 0) is 4.79 Å². The van der Waals surface area contributed by atoms with E-state index in [0.717, 1.165) is 36.3 Å². The largest absolute Gasteiger partial charge is 0.352 e. The Morgan fingerprint density at radius 3 is 2.57 bits per heavy atom. The molecule has 1 aromatic heterocycles. The highest BCUT2D eigenvalue weighted by Gasteiger charge is 2.39. The third kappa shape index (κ3) is 4.10. The Labute approximate surface area is 164 Å². The second kappa shape index (κ2) is 7.64. The Bertz CT molecular complexity index is 821. The molecule has 2 saturated carbocycles. The van der Waals surface area contributed by atoms with Crippen LogP contribution >= 0.6 is 0 Å². The second-order valence-electron chi connectivity index (χ2n) is 8.32. The number of nitrogens with one attached hydrogen (secondary N) is 2. The molecule has 1 heterocycles. The number of imidazole rings is 1. The number of aromatic amines is 1. The summed E-state index contributed by atoms with van der Waals surface area (Å²) in [5, 5.41) is 3.14. The predicted molar refractivity (Wildman–Crippen MR) is 104 cm³/mol. The zero-order chi connectivity index (χ0) is 19.7. The monoisotopic (exact) mass is 387 g/mol. The van der Waals surface area contributed by atoms with Crippen LogP contribution in [0.3, 0.4) is 0 Å². The molecule has 0 bridgehead atoms. The van der Waals surface area contributed by atoms with Crippen molar-refractivity contribution in [1.29, 1.82) is 0 Å². The van der Waals surface area contributed by atoms with Gasteiger partial charge in [-0.3, -0.25) is 4.79 Å². The number of aryl methyl sites for hydroxylation is 1. The average molecular weight is 387 g/mol. The van der Waals surface area contributed by atoms with Gasteiger partial charge in [0.25, 0.3) is 0 Å². The number of amides is 1. The van der Waals surface area contributed by atoms with E-state index in [2.05, 4.69) is 41.5 Å². The summed E-state index contributed by atoms with van der Waals surface area (Å²) in [6.45, 7) is 2.05. The SMILES string of the molecule is Cc1ccc(-c2c[nH]c([C@@H]3CCC[C@@H]3NC(=O)C3CCC(F)(F)CC3)n2)cc1. The number of hydrogen-bond donors (Lipinski definition) is 2. The molecule has 2 aliphatic carbocycles. The molecule has 1 amide bonds. The first-order valence-electron chi connectivity index (χ1n) is 10.2. The molecule has 2 aliphatic rings. The van der Waals surface area contributed by atoms with E-state index in [0.29, 0.717) is 0 Å². The lowest BCUT2D eigenvalue weighted by molar-refractivity contribution is -0.129. The molecular formula is C22H27F2N3O. The van der Waals surface area contributed by atoms with Crippen molar-refractivity contribution < 1.29 is 13.6 Å². The molecule has 28 heavy (non-hydrogen) atoms. The quantitative estimate of drug-likeness (QED) is 0.779. The van der Waals surface area contributed by atoms with Gasteiger partial charge in [-0.1, -0.05) is 36.2 Å². The lowest BCUT2D eigenvalue weighted by Gasteiger charge is -2.29. The van der Waals surface area contributed by atoms with Crippen LogP contribution in [0.25, 0.3) is 11.3 Å². The first-order valence-corrected chi connectivity index (χ1v) is 10.2. The summed E-state index contributed by atoms with van der Waals surface area (Å²) in [5.41, 5.74) is 3.18. The first-order chi connectivity index (χ1) is 13.4. The Morgan fingerprint density at radius 2 is 1.86 bits per heavy atom. The topological polar surface area (TPSA) is 57.8 Å². The van der Waals surface area contributed by atoms with Crippen LogP contribution in [-0.4, -0.2) is 27.8 Å². The van der Waals surface area contributed by atoms with Crippen molar-refractivity contribution in [3.05, 3.63) is 41.9 Å². The number of alkyl halides is 2. The molecule has 150 valence electrons. The fourth-order valence-electron chi connectivity index (χ4n) is 4.46. The number of H-pyrrole nitrogens is 1. The predicted octanol–water partition coefficient (Wildman–Crippen LogP) is 4.96. The van der Waals surface area contributed by atoms with Gasteiger partial charge < -0.3 is 10.3 Å². The van der Waals surface area contributed by atoms with Gasteiger partial charge >= 0.3 is 0 Å². The molecule has 2 fully saturated rings.